The highest BCUT2D eigenvalue weighted by molar-refractivity contribution is 7.19. The largest absolute Gasteiger partial charge is 0.361 e. The summed E-state index contributed by atoms with van der Waals surface area (Å²) in [7, 11) is 0. The predicted octanol–water partition coefficient (Wildman–Crippen LogP) is 4.83. The van der Waals surface area contributed by atoms with Crippen LogP contribution in [0.15, 0.2) is 67.0 Å². The van der Waals surface area contributed by atoms with Gasteiger partial charge in [-0.15, -0.1) is 0 Å². The zero-order valence-electron chi connectivity index (χ0n) is 16.0. The number of amides is 1. The van der Waals surface area contributed by atoms with Gasteiger partial charge in [0.05, 0.1) is 5.69 Å². The van der Waals surface area contributed by atoms with Crippen LogP contribution in [-0.4, -0.2) is 26.8 Å². The SMILES string of the molecule is Cc1c(C(=O)NCCc2c[nH]c3ccccc23)sc2nc(-c3ccccc3)cn12. The summed E-state index contributed by atoms with van der Waals surface area (Å²) in [6, 6.07) is 18.3. The van der Waals surface area contributed by atoms with Gasteiger partial charge in [0.1, 0.15) is 4.88 Å². The van der Waals surface area contributed by atoms with Gasteiger partial charge >= 0.3 is 0 Å². The molecule has 0 atom stereocenters. The fourth-order valence-electron chi connectivity index (χ4n) is 3.64. The van der Waals surface area contributed by atoms with Crippen LogP contribution in [0.3, 0.4) is 0 Å². The third-order valence-corrected chi connectivity index (χ3v) is 6.34. The van der Waals surface area contributed by atoms with Crippen molar-refractivity contribution in [2.75, 3.05) is 6.54 Å². The van der Waals surface area contributed by atoms with Crippen molar-refractivity contribution in [3.63, 3.8) is 0 Å². The summed E-state index contributed by atoms with van der Waals surface area (Å²) in [4.78, 5) is 22.3. The van der Waals surface area contributed by atoms with Gasteiger partial charge in [0.2, 0.25) is 0 Å². The minimum Gasteiger partial charge on any atom is -0.361 e. The lowest BCUT2D eigenvalue weighted by atomic mass is 10.1. The summed E-state index contributed by atoms with van der Waals surface area (Å²) in [5.41, 5.74) is 5.26. The molecular weight excluding hydrogens is 380 g/mol. The van der Waals surface area contributed by atoms with Crippen molar-refractivity contribution in [1.82, 2.24) is 19.7 Å². The summed E-state index contributed by atoms with van der Waals surface area (Å²) in [5.74, 6) is -0.0425. The molecule has 0 saturated carbocycles. The van der Waals surface area contributed by atoms with E-state index in [1.807, 2.05) is 66.2 Å². The number of H-pyrrole nitrogens is 1. The number of fused-ring (bicyclic) bond motifs is 2. The molecule has 1 amide bonds. The predicted molar refractivity (Wildman–Crippen MR) is 118 cm³/mol. The van der Waals surface area contributed by atoms with Crippen LogP contribution in [0.4, 0.5) is 0 Å². The number of aromatic nitrogens is 3. The van der Waals surface area contributed by atoms with Gasteiger partial charge in [-0.25, -0.2) is 4.98 Å². The molecule has 0 radical (unpaired) electrons. The Morgan fingerprint density at radius 3 is 2.76 bits per heavy atom. The molecule has 3 aromatic heterocycles. The van der Waals surface area contributed by atoms with Gasteiger partial charge in [-0.3, -0.25) is 9.20 Å². The minimum absolute atomic E-state index is 0.0425. The summed E-state index contributed by atoms with van der Waals surface area (Å²) in [5, 5.41) is 4.27. The first-order valence-electron chi connectivity index (χ1n) is 9.58. The molecule has 0 saturated heterocycles. The van der Waals surface area contributed by atoms with Gasteiger partial charge in [-0.05, 0) is 25.0 Å². The number of benzene rings is 2. The Balaban J connectivity index is 1.31. The van der Waals surface area contributed by atoms with Crippen LogP contribution in [-0.2, 0) is 6.42 Å². The molecule has 0 spiro atoms. The lowest BCUT2D eigenvalue weighted by Gasteiger charge is -2.04. The van der Waals surface area contributed by atoms with E-state index in [-0.39, 0.29) is 5.91 Å². The Labute approximate surface area is 172 Å². The number of nitrogens with one attached hydrogen (secondary N) is 2. The van der Waals surface area contributed by atoms with Crippen molar-refractivity contribution in [1.29, 1.82) is 0 Å². The number of aryl methyl sites for hydroxylation is 1. The number of nitrogens with zero attached hydrogens (tertiary/aromatic N) is 2. The molecule has 2 aromatic carbocycles. The molecule has 2 N–H and O–H groups in total. The van der Waals surface area contributed by atoms with E-state index < -0.39 is 0 Å². The molecule has 0 bridgehead atoms. The van der Waals surface area contributed by atoms with Gasteiger partial charge in [0.25, 0.3) is 5.91 Å². The third kappa shape index (κ3) is 3.21. The monoisotopic (exact) mass is 400 g/mol. The van der Waals surface area contributed by atoms with E-state index in [4.69, 9.17) is 4.98 Å². The van der Waals surface area contributed by atoms with Crippen LogP contribution < -0.4 is 5.32 Å². The third-order valence-electron chi connectivity index (χ3n) is 5.19. The second-order valence-corrected chi connectivity index (χ2v) is 8.00. The number of imidazole rings is 1. The molecular formula is C23H20N4OS. The molecule has 0 aliphatic carbocycles. The lowest BCUT2D eigenvalue weighted by Crippen LogP contribution is -2.25. The van der Waals surface area contributed by atoms with Crippen LogP contribution in [0.25, 0.3) is 27.1 Å². The second kappa shape index (κ2) is 7.22. The van der Waals surface area contributed by atoms with E-state index in [0.717, 1.165) is 33.8 Å². The van der Waals surface area contributed by atoms with E-state index in [0.29, 0.717) is 11.4 Å². The van der Waals surface area contributed by atoms with Crippen molar-refractivity contribution in [3.05, 3.63) is 83.1 Å². The van der Waals surface area contributed by atoms with E-state index >= 15 is 0 Å². The minimum atomic E-state index is -0.0425. The number of carbonyl (C=O) groups excluding carboxylic acids is 1. The van der Waals surface area contributed by atoms with Crippen LogP contribution in [0.5, 0.6) is 0 Å². The average Bonchev–Trinajstić information content (AvgIpc) is 3.43. The second-order valence-electron chi connectivity index (χ2n) is 7.03. The normalized spacial score (nSPS) is 11.3. The van der Waals surface area contributed by atoms with Crippen molar-refractivity contribution < 1.29 is 4.79 Å². The molecule has 0 aliphatic heterocycles. The maximum Gasteiger partial charge on any atom is 0.263 e. The number of hydrogen-bond donors (Lipinski definition) is 2. The van der Waals surface area contributed by atoms with Crippen molar-refractivity contribution in [2.24, 2.45) is 0 Å². The van der Waals surface area contributed by atoms with E-state index in [1.165, 1.54) is 22.3 Å². The number of para-hydroxylation sites is 1. The van der Waals surface area contributed by atoms with Crippen LogP contribution in [0, 0.1) is 6.92 Å². The van der Waals surface area contributed by atoms with Gasteiger partial charge in [0, 0.05) is 41.1 Å². The van der Waals surface area contributed by atoms with Gasteiger partial charge in [-0.2, -0.15) is 0 Å². The number of rotatable bonds is 5. The maximum atomic E-state index is 12.7. The van der Waals surface area contributed by atoms with Crippen molar-refractivity contribution in [2.45, 2.75) is 13.3 Å². The maximum absolute atomic E-state index is 12.7. The van der Waals surface area contributed by atoms with E-state index in [1.54, 1.807) is 0 Å². The van der Waals surface area contributed by atoms with Crippen molar-refractivity contribution in [3.8, 4) is 11.3 Å². The molecule has 0 aliphatic rings. The zero-order chi connectivity index (χ0) is 19.8. The van der Waals surface area contributed by atoms with E-state index in [2.05, 4.69) is 22.4 Å². The number of aromatic amines is 1. The summed E-state index contributed by atoms with van der Waals surface area (Å²) in [6.07, 6.45) is 4.81. The quantitative estimate of drug-likeness (QED) is 0.444. The van der Waals surface area contributed by atoms with Gasteiger partial charge in [0.15, 0.2) is 4.96 Å². The number of carbonyl (C=O) groups is 1. The smallest absolute Gasteiger partial charge is 0.263 e. The molecule has 5 nitrogen and oxygen atoms in total. The summed E-state index contributed by atoms with van der Waals surface area (Å²) >= 11 is 1.43. The Morgan fingerprint density at radius 1 is 1.14 bits per heavy atom. The average molecular weight is 401 g/mol. The fourth-order valence-corrected chi connectivity index (χ4v) is 4.66. The standard InChI is InChI=1S/C23H20N4OS/c1-15-21(29-23-26-20(14-27(15)23)16-7-3-2-4-8-16)22(28)24-12-11-17-13-25-19-10-6-5-9-18(17)19/h2-10,13-14,25H,11-12H2,1H3,(H,24,28). The molecule has 5 aromatic rings. The first-order valence-corrected chi connectivity index (χ1v) is 10.4. The molecule has 5 rings (SSSR count). The number of hydrogen-bond acceptors (Lipinski definition) is 3. The Morgan fingerprint density at radius 2 is 1.93 bits per heavy atom. The molecule has 3 heterocycles. The molecule has 6 heteroatoms. The first kappa shape index (κ1) is 17.7. The first-order chi connectivity index (χ1) is 14.2. The van der Waals surface area contributed by atoms with Gasteiger partial charge in [-0.1, -0.05) is 59.9 Å². The number of thiazole rings is 1. The molecule has 0 fully saturated rings. The topological polar surface area (TPSA) is 62.2 Å². The van der Waals surface area contributed by atoms with Gasteiger partial charge < -0.3 is 10.3 Å². The molecule has 144 valence electrons. The highest BCUT2D eigenvalue weighted by atomic mass is 32.1. The summed E-state index contributed by atoms with van der Waals surface area (Å²) in [6.45, 7) is 2.56. The van der Waals surface area contributed by atoms with E-state index in [9.17, 15) is 4.79 Å². The molecule has 0 unspecified atom stereocenters. The Kier molecular flexibility index (Phi) is 4.41. The van der Waals surface area contributed by atoms with Crippen molar-refractivity contribution >= 4 is 33.1 Å². The zero-order valence-corrected chi connectivity index (χ0v) is 16.8. The fraction of sp³-hybridized carbons (Fsp3) is 0.130. The Bertz CT molecular complexity index is 1310. The highest BCUT2D eigenvalue weighted by Crippen LogP contribution is 2.27. The highest BCUT2D eigenvalue weighted by Gasteiger charge is 2.18. The van der Waals surface area contributed by atoms with Crippen LogP contribution in [0.1, 0.15) is 20.9 Å². The lowest BCUT2D eigenvalue weighted by molar-refractivity contribution is 0.0957. The molecule has 29 heavy (non-hydrogen) atoms. The Hall–Kier alpha value is -3.38. The van der Waals surface area contributed by atoms with Crippen LogP contribution >= 0.6 is 11.3 Å². The summed E-state index contributed by atoms with van der Waals surface area (Å²) < 4.78 is 2.00. The van der Waals surface area contributed by atoms with Crippen LogP contribution in [0.2, 0.25) is 0 Å².